The van der Waals surface area contributed by atoms with Gasteiger partial charge in [-0.1, -0.05) is 50.1 Å². The molecule has 2 aliphatic rings. The zero-order valence-electron chi connectivity index (χ0n) is 12.9. The number of hydrogen-bond donors (Lipinski definition) is 1. The van der Waals surface area contributed by atoms with E-state index in [0.29, 0.717) is 12.1 Å². The number of hydrogen-bond acceptors (Lipinski definition) is 3. The van der Waals surface area contributed by atoms with Gasteiger partial charge in [0.15, 0.2) is 0 Å². The molecule has 116 valence electrons. The maximum atomic E-state index is 10.8. The smallest absolute Gasteiger partial charge is 0.0945 e. The highest BCUT2D eigenvalue weighted by Crippen LogP contribution is 2.33. The first-order chi connectivity index (χ1) is 10.3. The number of fused-ring (bicyclic) bond motifs is 1. The van der Waals surface area contributed by atoms with Crippen LogP contribution >= 0.6 is 0 Å². The molecule has 1 N–H and O–H groups in total. The van der Waals surface area contributed by atoms with E-state index < -0.39 is 6.10 Å². The number of benzene rings is 1. The lowest BCUT2D eigenvalue weighted by molar-refractivity contribution is -0.119. The maximum absolute atomic E-state index is 10.8. The van der Waals surface area contributed by atoms with Crippen molar-refractivity contribution in [3.05, 3.63) is 35.9 Å². The first kappa shape index (κ1) is 15.0. The molecule has 2 fully saturated rings. The number of rotatable bonds is 4. The summed E-state index contributed by atoms with van der Waals surface area (Å²) in [6.45, 7) is 3.94. The first-order valence-corrected chi connectivity index (χ1v) is 8.41. The molecule has 1 aliphatic carbocycles. The predicted molar refractivity (Wildman–Crippen MR) is 84.2 cm³/mol. The summed E-state index contributed by atoms with van der Waals surface area (Å²) in [4.78, 5) is 2.53. The average Bonchev–Trinajstić information content (AvgIpc) is 2.56. The summed E-state index contributed by atoms with van der Waals surface area (Å²) in [5.41, 5.74) is 1.03. The van der Waals surface area contributed by atoms with Crippen molar-refractivity contribution in [2.24, 2.45) is 0 Å². The Morgan fingerprint density at radius 3 is 2.76 bits per heavy atom. The van der Waals surface area contributed by atoms with E-state index >= 15 is 0 Å². The van der Waals surface area contributed by atoms with Gasteiger partial charge in [0, 0.05) is 18.6 Å². The molecule has 0 spiro atoms. The summed E-state index contributed by atoms with van der Waals surface area (Å²) < 4.78 is 5.97. The normalized spacial score (nSPS) is 29.6. The van der Waals surface area contributed by atoms with Crippen molar-refractivity contribution < 1.29 is 9.84 Å². The molecule has 3 nitrogen and oxygen atoms in total. The number of morpholine rings is 1. The molecule has 21 heavy (non-hydrogen) atoms. The summed E-state index contributed by atoms with van der Waals surface area (Å²) in [6.07, 6.45) is 5.91. The Kier molecular flexibility index (Phi) is 4.94. The lowest BCUT2D eigenvalue weighted by Gasteiger charge is -2.48. The molecule has 0 radical (unpaired) electrons. The third-order valence-corrected chi connectivity index (χ3v) is 5.12. The second kappa shape index (κ2) is 6.91. The highest BCUT2D eigenvalue weighted by Gasteiger charge is 2.39. The highest BCUT2D eigenvalue weighted by atomic mass is 16.5. The van der Waals surface area contributed by atoms with Crippen LogP contribution in [0.15, 0.2) is 30.3 Å². The molecule has 1 saturated carbocycles. The van der Waals surface area contributed by atoms with Crippen molar-refractivity contribution in [2.75, 3.05) is 13.2 Å². The third kappa shape index (κ3) is 3.15. The van der Waals surface area contributed by atoms with Crippen LogP contribution in [0.5, 0.6) is 0 Å². The second-order valence-corrected chi connectivity index (χ2v) is 6.33. The van der Waals surface area contributed by atoms with Gasteiger partial charge in [0.1, 0.15) is 0 Å². The Hall–Kier alpha value is -0.900. The van der Waals surface area contributed by atoms with E-state index in [2.05, 4.69) is 11.8 Å². The quantitative estimate of drug-likeness (QED) is 0.924. The van der Waals surface area contributed by atoms with Crippen LogP contribution in [-0.4, -0.2) is 41.3 Å². The largest absolute Gasteiger partial charge is 0.387 e. The molecule has 1 aliphatic heterocycles. The van der Waals surface area contributed by atoms with Gasteiger partial charge in [-0.3, -0.25) is 4.90 Å². The summed E-state index contributed by atoms with van der Waals surface area (Å²) in [5, 5.41) is 10.8. The third-order valence-electron chi connectivity index (χ3n) is 5.12. The van der Waals surface area contributed by atoms with Gasteiger partial charge in [-0.05, 0) is 24.8 Å². The van der Waals surface area contributed by atoms with Gasteiger partial charge in [-0.2, -0.15) is 0 Å². The van der Waals surface area contributed by atoms with Gasteiger partial charge in [0.05, 0.1) is 18.8 Å². The van der Waals surface area contributed by atoms with E-state index in [0.717, 1.165) is 25.1 Å². The lowest BCUT2D eigenvalue weighted by Crippen LogP contribution is -2.57. The standard InChI is InChI=1S/C18H27NO2/c1-2-15(18(20)14-8-4-3-5-9-14)19-12-13-21-17-11-7-6-10-16(17)19/h3-5,8-9,15-18,20H,2,6-7,10-13H2,1H3. The Balaban J connectivity index is 1.78. The molecule has 0 aromatic heterocycles. The fourth-order valence-corrected chi connectivity index (χ4v) is 4.05. The van der Waals surface area contributed by atoms with Crippen molar-refractivity contribution in [1.29, 1.82) is 0 Å². The molecular formula is C18H27NO2. The summed E-state index contributed by atoms with van der Waals surface area (Å²) >= 11 is 0. The highest BCUT2D eigenvalue weighted by molar-refractivity contribution is 5.19. The Bertz CT molecular complexity index is 434. The van der Waals surface area contributed by atoms with Gasteiger partial charge < -0.3 is 9.84 Å². The molecule has 0 bridgehead atoms. The van der Waals surface area contributed by atoms with Crippen molar-refractivity contribution in [3.63, 3.8) is 0 Å². The van der Waals surface area contributed by atoms with Gasteiger partial charge in [0.25, 0.3) is 0 Å². The van der Waals surface area contributed by atoms with E-state index in [9.17, 15) is 5.11 Å². The Morgan fingerprint density at radius 2 is 2.00 bits per heavy atom. The molecule has 3 rings (SSSR count). The van der Waals surface area contributed by atoms with Crippen molar-refractivity contribution in [3.8, 4) is 0 Å². The minimum absolute atomic E-state index is 0.196. The molecule has 4 atom stereocenters. The molecule has 1 aromatic carbocycles. The zero-order valence-corrected chi connectivity index (χ0v) is 12.9. The molecule has 3 heteroatoms. The summed E-state index contributed by atoms with van der Waals surface area (Å²) in [6, 6.07) is 10.8. The van der Waals surface area contributed by atoms with Gasteiger partial charge in [-0.15, -0.1) is 0 Å². The zero-order chi connectivity index (χ0) is 14.7. The number of nitrogens with zero attached hydrogens (tertiary/aromatic N) is 1. The molecule has 1 aromatic rings. The molecule has 1 saturated heterocycles. The van der Waals surface area contributed by atoms with E-state index in [1.54, 1.807) is 0 Å². The van der Waals surface area contributed by atoms with Crippen LogP contribution < -0.4 is 0 Å². The summed E-state index contributed by atoms with van der Waals surface area (Å²) in [7, 11) is 0. The predicted octanol–water partition coefficient (Wildman–Crippen LogP) is 3.14. The summed E-state index contributed by atoms with van der Waals surface area (Å²) in [5.74, 6) is 0. The van der Waals surface area contributed by atoms with Gasteiger partial charge in [0.2, 0.25) is 0 Å². The van der Waals surface area contributed by atoms with E-state index in [-0.39, 0.29) is 6.04 Å². The van der Waals surface area contributed by atoms with Crippen LogP contribution in [0, 0.1) is 0 Å². The fraction of sp³-hybridized carbons (Fsp3) is 0.667. The van der Waals surface area contributed by atoms with Crippen molar-refractivity contribution >= 4 is 0 Å². The topological polar surface area (TPSA) is 32.7 Å². The van der Waals surface area contributed by atoms with Crippen LogP contribution in [0.1, 0.15) is 50.7 Å². The van der Waals surface area contributed by atoms with Crippen LogP contribution in [0.3, 0.4) is 0 Å². The minimum atomic E-state index is -0.406. The van der Waals surface area contributed by atoms with Crippen LogP contribution in [0.4, 0.5) is 0 Å². The number of aliphatic hydroxyl groups is 1. The molecule has 0 amide bonds. The Labute approximate surface area is 127 Å². The van der Waals surface area contributed by atoms with Crippen LogP contribution in [0.2, 0.25) is 0 Å². The van der Waals surface area contributed by atoms with Crippen LogP contribution in [0.25, 0.3) is 0 Å². The average molecular weight is 289 g/mol. The van der Waals surface area contributed by atoms with Gasteiger partial charge in [-0.25, -0.2) is 0 Å². The first-order valence-electron chi connectivity index (χ1n) is 8.41. The lowest BCUT2D eigenvalue weighted by atomic mass is 9.87. The fourth-order valence-electron chi connectivity index (χ4n) is 4.05. The number of aliphatic hydroxyl groups excluding tert-OH is 1. The van der Waals surface area contributed by atoms with E-state index in [1.165, 1.54) is 25.7 Å². The van der Waals surface area contributed by atoms with E-state index in [1.807, 2.05) is 30.3 Å². The minimum Gasteiger partial charge on any atom is -0.387 e. The van der Waals surface area contributed by atoms with Crippen molar-refractivity contribution in [2.45, 2.75) is 63.3 Å². The Morgan fingerprint density at radius 1 is 1.24 bits per heavy atom. The number of ether oxygens (including phenoxy) is 1. The molecule has 1 heterocycles. The molecule has 4 unspecified atom stereocenters. The second-order valence-electron chi connectivity index (χ2n) is 6.33. The monoisotopic (exact) mass is 289 g/mol. The van der Waals surface area contributed by atoms with Crippen LogP contribution in [-0.2, 0) is 4.74 Å². The molecular weight excluding hydrogens is 262 g/mol. The van der Waals surface area contributed by atoms with Gasteiger partial charge >= 0.3 is 0 Å². The van der Waals surface area contributed by atoms with Crippen molar-refractivity contribution in [1.82, 2.24) is 4.90 Å². The maximum Gasteiger partial charge on any atom is 0.0945 e. The SMILES string of the molecule is CCC(C(O)c1ccccc1)N1CCOC2CCCCC21. The van der Waals surface area contributed by atoms with E-state index in [4.69, 9.17) is 4.74 Å².